The SMILES string of the molecule is COc1ccc(CN(C)CNN)c(Cl)c1. The zero-order valence-corrected chi connectivity index (χ0v) is 9.71. The number of ether oxygens (including phenoxy) is 1. The van der Waals surface area contributed by atoms with Crippen LogP contribution >= 0.6 is 11.6 Å². The van der Waals surface area contributed by atoms with Gasteiger partial charge in [-0.1, -0.05) is 17.7 Å². The maximum absolute atomic E-state index is 6.09. The van der Waals surface area contributed by atoms with Gasteiger partial charge < -0.3 is 4.74 Å². The zero-order valence-electron chi connectivity index (χ0n) is 8.96. The standard InChI is InChI=1S/C10H16ClN3O/c1-14(7-13-12)6-8-3-4-9(15-2)5-10(8)11/h3-5,13H,6-7,12H2,1-2H3. The number of nitrogens with two attached hydrogens (primary N) is 1. The third-order valence-electron chi connectivity index (χ3n) is 2.06. The summed E-state index contributed by atoms with van der Waals surface area (Å²) < 4.78 is 5.07. The van der Waals surface area contributed by atoms with Crippen LogP contribution in [-0.4, -0.2) is 25.7 Å². The summed E-state index contributed by atoms with van der Waals surface area (Å²) in [4.78, 5) is 2.02. The Bertz CT molecular complexity index is 320. The van der Waals surface area contributed by atoms with E-state index in [4.69, 9.17) is 22.2 Å². The lowest BCUT2D eigenvalue weighted by Crippen LogP contribution is -2.35. The van der Waals surface area contributed by atoms with Gasteiger partial charge in [-0.05, 0) is 24.7 Å². The second kappa shape index (κ2) is 5.92. The monoisotopic (exact) mass is 229 g/mol. The number of benzene rings is 1. The van der Waals surface area contributed by atoms with Crippen LogP contribution in [0.5, 0.6) is 5.75 Å². The molecule has 0 heterocycles. The van der Waals surface area contributed by atoms with Crippen molar-refractivity contribution in [2.75, 3.05) is 20.8 Å². The molecule has 5 heteroatoms. The van der Waals surface area contributed by atoms with Gasteiger partial charge in [-0.2, -0.15) is 0 Å². The van der Waals surface area contributed by atoms with Gasteiger partial charge in [0.1, 0.15) is 5.75 Å². The lowest BCUT2D eigenvalue weighted by molar-refractivity contribution is 0.301. The fourth-order valence-electron chi connectivity index (χ4n) is 1.29. The van der Waals surface area contributed by atoms with Gasteiger partial charge in [0.2, 0.25) is 0 Å². The van der Waals surface area contributed by atoms with Gasteiger partial charge in [0.05, 0.1) is 13.8 Å². The first-order valence-electron chi connectivity index (χ1n) is 4.61. The molecule has 0 saturated heterocycles. The number of methoxy groups -OCH3 is 1. The fourth-order valence-corrected chi connectivity index (χ4v) is 1.52. The molecular formula is C10H16ClN3O. The minimum atomic E-state index is 0.613. The van der Waals surface area contributed by atoms with Crippen molar-refractivity contribution in [1.29, 1.82) is 0 Å². The molecule has 1 rings (SSSR count). The van der Waals surface area contributed by atoms with E-state index >= 15 is 0 Å². The summed E-state index contributed by atoms with van der Waals surface area (Å²) in [5.74, 6) is 5.99. The highest BCUT2D eigenvalue weighted by molar-refractivity contribution is 6.31. The number of hydrogen-bond acceptors (Lipinski definition) is 4. The highest BCUT2D eigenvalue weighted by Gasteiger charge is 2.04. The molecule has 3 N–H and O–H groups in total. The van der Waals surface area contributed by atoms with E-state index in [0.717, 1.165) is 17.9 Å². The Morgan fingerprint density at radius 2 is 2.27 bits per heavy atom. The van der Waals surface area contributed by atoms with Crippen LogP contribution in [0.25, 0.3) is 0 Å². The maximum Gasteiger partial charge on any atom is 0.120 e. The van der Waals surface area contributed by atoms with Crippen molar-refractivity contribution in [3.05, 3.63) is 28.8 Å². The van der Waals surface area contributed by atoms with Gasteiger partial charge in [-0.3, -0.25) is 10.7 Å². The topological polar surface area (TPSA) is 50.5 Å². The van der Waals surface area contributed by atoms with Crippen LogP contribution in [0.3, 0.4) is 0 Å². The molecule has 0 radical (unpaired) electrons. The van der Waals surface area contributed by atoms with Crippen molar-refractivity contribution in [3.63, 3.8) is 0 Å². The Balaban J connectivity index is 2.69. The molecule has 0 unspecified atom stereocenters. The highest BCUT2D eigenvalue weighted by Crippen LogP contribution is 2.23. The minimum Gasteiger partial charge on any atom is -0.497 e. The first-order valence-corrected chi connectivity index (χ1v) is 4.99. The molecular weight excluding hydrogens is 214 g/mol. The number of hydrazine groups is 1. The van der Waals surface area contributed by atoms with Crippen molar-refractivity contribution < 1.29 is 4.74 Å². The van der Waals surface area contributed by atoms with Crippen molar-refractivity contribution in [1.82, 2.24) is 10.3 Å². The number of hydrogen-bond donors (Lipinski definition) is 2. The summed E-state index contributed by atoms with van der Waals surface area (Å²) in [6.45, 7) is 1.36. The van der Waals surface area contributed by atoms with Crippen molar-refractivity contribution >= 4 is 11.6 Å². The average molecular weight is 230 g/mol. The Kier molecular flexibility index (Phi) is 4.84. The van der Waals surface area contributed by atoms with E-state index in [2.05, 4.69) is 5.43 Å². The zero-order chi connectivity index (χ0) is 11.3. The smallest absolute Gasteiger partial charge is 0.120 e. The first kappa shape index (κ1) is 12.3. The van der Waals surface area contributed by atoms with Gasteiger partial charge >= 0.3 is 0 Å². The van der Waals surface area contributed by atoms with Crippen LogP contribution in [0, 0.1) is 0 Å². The minimum absolute atomic E-state index is 0.613. The molecule has 84 valence electrons. The molecule has 0 bridgehead atoms. The quantitative estimate of drug-likeness (QED) is 0.453. The second-order valence-electron chi connectivity index (χ2n) is 3.33. The molecule has 0 aliphatic carbocycles. The van der Waals surface area contributed by atoms with E-state index < -0.39 is 0 Å². The molecule has 0 saturated carbocycles. The molecule has 0 aliphatic heterocycles. The van der Waals surface area contributed by atoms with Crippen molar-refractivity contribution in [2.45, 2.75) is 6.54 Å². The van der Waals surface area contributed by atoms with Crippen LogP contribution in [0.1, 0.15) is 5.56 Å². The summed E-state index contributed by atoms with van der Waals surface area (Å²) in [5, 5.41) is 0.707. The maximum atomic E-state index is 6.09. The van der Waals surface area contributed by atoms with Crippen molar-refractivity contribution in [2.24, 2.45) is 5.84 Å². The summed E-state index contributed by atoms with van der Waals surface area (Å²) >= 11 is 6.09. The summed E-state index contributed by atoms with van der Waals surface area (Å²) in [6.07, 6.45) is 0. The van der Waals surface area contributed by atoms with Gasteiger partial charge in [0.25, 0.3) is 0 Å². The fraction of sp³-hybridized carbons (Fsp3) is 0.400. The Morgan fingerprint density at radius 1 is 1.53 bits per heavy atom. The van der Waals surface area contributed by atoms with Crippen LogP contribution in [0.15, 0.2) is 18.2 Å². The average Bonchev–Trinajstić information content (AvgIpc) is 2.21. The predicted molar refractivity (Wildman–Crippen MR) is 61.7 cm³/mol. The lowest BCUT2D eigenvalue weighted by atomic mass is 10.2. The van der Waals surface area contributed by atoms with E-state index in [1.807, 2.05) is 24.1 Å². The second-order valence-corrected chi connectivity index (χ2v) is 3.74. The Labute approximate surface area is 94.9 Å². The molecule has 0 atom stereocenters. The van der Waals surface area contributed by atoms with Crippen LogP contribution in [-0.2, 0) is 6.54 Å². The van der Waals surface area contributed by atoms with E-state index in [1.54, 1.807) is 13.2 Å². The van der Waals surface area contributed by atoms with Crippen molar-refractivity contribution in [3.8, 4) is 5.75 Å². The molecule has 15 heavy (non-hydrogen) atoms. The van der Waals surface area contributed by atoms with Gasteiger partial charge in [-0.15, -0.1) is 0 Å². The summed E-state index contributed by atoms with van der Waals surface area (Å²) in [7, 11) is 3.58. The normalized spacial score (nSPS) is 10.7. The van der Waals surface area contributed by atoms with Crippen LogP contribution < -0.4 is 16.0 Å². The molecule has 1 aromatic carbocycles. The third kappa shape index (κ3) is 3.68. The molecule has 0 fully saturated rings. The lowest BCUT2D eigenvalue weighted by Gasteiger charge is -2.16. The molecule has 0 aliphatic rings. The van der Waals surface area contributed by atoms with E-state index in [0.29, 0.717) is 11.7 Å². The van der Waals surface area contributed by atoms with Gasteiger partial charge in [0.15, 0.2) is 0 Å². The first-order chi connectivity index (χ1) is 7.17. The Morgan fingerprint density at radius 3 is 2.80 bits per heavy atom. The van der Waals surface area contributed by atoms with E-state index in [-0.39, 0.29) is 0 Å². The van der Waals surface area contributed by atoms with Gasteiger partial charge in [0, 0.05) is 11.6 Å². The van der Waals surface area contributed by atoms with Crippen LogP contribution in [0.4, 0.5) is 0 Å². The molecule has 0 spiro atoms. The van der Waals surface area contributed by atoms with Crippen LogP contribution in [0.2, 0.25) is 5.02 Å². The summed E-state index contributed by atoms with van der Waals surface area (Å²) in [5.41, 5.74) is 3.64. The third-order valence-corrected chi connectivity index (χ3v) is 2.41. The number of nitrogens with zero attached hydrogens (tertiary/aromatic N) is 1. The summed E-state index contributed by atoms with van der Waals surface area (Å²) in [6, 6.07) is 5.65. The van der Waals surface area contributed by atoms with E-state index in [1.165, 1.54) is 0 Å². The number of halogens is 1. The number of nitrogens with one attached hydrogen (secondary N) is 1. The molecule has 0 aromatic heterocycles. The largest absolute Gasteiger partial charge is 0.497 e. The molecule has 0 amide bonds. The molecule has 1 aromatic rings. The molecule has 4 nitrogen and oxygen atoms in total. The highest BCUT2D eigenvalue weighted by atomic mass is 35.5. The van der Waals surface area contributed by atoms with E-state index in [9.17, 15) is 0 Å². The van der Waals surface area contributed by atoms with Gasteiger partial charge in [-0.25, -0.2) is 5.43 Å². The Hall–Kier alpha value is -0.810. The number of rotatable bonds is 5. The predicted octanol–water partition coefficient (Wildman–Crippen LogP) is 1.20.